The minimum absolute atomic E-state index is 0.268. The number of hydrogen-bond donors (Lipinski definition) is 0. The molecule has 0 amide bonds. The molecule has 0 fully saturated rings. The number of aromatic nitrogens is 2. The lowest BCUT2D eigenvalue weighted by Gasteiger charge is -2.11. The normalized spacial score (nSPS) is 10.5. The van der Waals surface area contributed by atoms with Crippen LogP contribution in [0.4, 0.5) is 0 Å². The van der Waals surface area contributed by atoms with E-state index in [-0.39, 0.29) is 5.69 Å². The molecule has 140 valence electrons. The molecule has 1 aromatic carbocycles. The van der Waals surface area contributed by atoms with Crippen molar-refractivity contribution in [3.63, 3.8) is 0 Å². The van der Waals surface area contributed by atoms with Crippen LogP contribution in [0.25, 0.3) is 21.1 Å². The van der Waals surface area contributed by atoms with E-state index >= 15 is 0 Å². The van der Waals surface area contributed by atoms with E-state index in [1.807, 2.05) is 38.1 Å². The van der Waals surface area contributed by atoms with E-state index in [1.54, 1.807) is 18.3 Å². The van der Waals surface area contributed by atoms with Crippen LogP contribution in [0.5, 0.6) is 11.5 Å². The van der Waals surface area contributed by atoms with E-state index in [0.717, 1.165) is 15.4 Å². The van der Waals surface area contributed by atoms with Crippen molar-refractivity contribution in [2.45, 2.75) is 13.8 Å². The summed E-state index contributed by atoms with van der Waals surface area (Å²) in [6.45, 7) is 5.00. The quantitative estimate of drug-likeness (QED) is 0.560. The topological polar surface area (TPSA) is 70.5 Å². The van der Waals surface area contributed by atoms with Crippen molar-refractivity contribution < 1.29 is 19.0 Å². The first kappa shape index (κ1) is 18.8. The summed E-state index contributed by atoms with van der Waals surface area (Å²) in [5.41, 5.74) is 1.88. The Balaban J connectivity index is 1.92. The number of nitrogens with zero attached hydrogens (tertiary/aromatic N) is 2. The van der Waals surface area contributed by atoms with Crippen molar-refractivity contribution >= 4 is 17.3 Å². The molecule has 0 radical (unpaired) electrons. The molecule has 0 unspecified atom stereocenters. The molecule has 0 bridgehead atoms. The monoisotopic (exact) mass is 384 g/mol. The predicted molar refractivity (Wildman–Crippen MR) is 104 cm³/mol. The summed E-state index contributed by atoms with van der Waals surface area (Å²) in [6, 6.07) is 11.0. The van der Waals surface area contributed by atoms with Crippen LogP contribution >= 0.6 is 11.3 Å². The van der Waals surface area contributed by atoms with Crippen LogP contribution in [0.3, 0.4) is 0 Å². The smallest absolute Gasteiger partial charge is 0.356 e. The largest absolute Gasteiger partial charge is 0.490 e. The van der Waals surface area contributed by atoms with Gasteiger partial charge >= 0.3 is 5.97 Å². The predicted octanol–water partition coefficient (Wildman–Crippen LogP) is 4.46. The van der Waals surface area contributed by atoms with E-state index in [4.69, 9.17) is 14.2 Å². The van der Waals surface area contributed by atoms with Crippen LogP contribution in [0.15, 0.2) is 42.6 Å². The molecule has 3 rings (SSSR count). The lowest BCUT2D eigenvalue weighted by Crippen LogP contribution is -2.04. The maximum absolute atomic E-state index is 11.7. The number of carbonyl (C=O) groups excluding carboxylic acids is 1. The Morgan fingerprint density at radius 1 is 1.07 bits per heavy atom. The molecular weight excluding hydrogens is 364 g/mol. The third-order valence-electron chi connectivity index (χ3n) is 3.69. The second-order valence-electron chi connectivity index (χ2n) is 5.46. The summed E-state index contributed by atoms with van der Waals surface area (Å²) < 4.78 is 16.0. The first-order chi connectivity index (χ1) is 13.2. The Kier molecular flexibility index (Phi) is 6.03. The van der Waals surface area contributed by atoms with Crippen molar-refractivity contribution in [1.82, 2.24) is 9.97 Å². The van der Waals surface area contributed by atoms with Crippen LogP contribution in [-0.4, -0.2) is 36.3 Å². The van der Waals surface area contributed by atoms with E-state index in [9.17, 15) is 4.79 Å². The van der Waals surface area contributed by atoms with Crippen molar-refractivity contribution in [2.24, 2.45) is 0 Å². The fourth-order valence-corrected chi connectivity index (χ4v) is 3.38. The summed E-state index contributed by atoms with van der Waals surface area (Å²) in [7, 11) is 1.34. The molecule has 0 spiro atoms. The van der Waals surface area contributed by atoms with Gasteiger partial charge in [0.05, 0.1) is 30.9 Å². The van der Waals surface area contributed by atoms with E-state index in [0.29, 0.717) is 30.4 Å². The Morgan fingerprint density at radius 2 is 1.85 bits per heavy atom. The van der Waals surface area contributed by atoms with E-state index in [1.165, 1.54) is 18.4 Å². The van der Waals surface area contributed by atoms with Crippen molar-refractivity contribution in [2.75, 3.05) is 20.3 Å². The van der Waals surface area contributed by atoms with Gasteiger partial charge < -0.3 is 14.2 Å². The molecule has 0 atom stereocenters. The summed E-state index contributed by atoms with van der Waals surface area (Å²) in [5.74, 6) is 0.946. The molecule has 0 saturated carbocycles. The third kappa shape index (κ3) is 4.25. The van der Waals surface area contributed by atoms with Gasteiger partial charge in [-0.15, -0.1) is 11.3 Å². The van der Waals surface area contributed by atoms with Gasteiger partial charge in [0.25, 0.3) is 0 Å². The zero-order valence-electron chi connectivity index (χ0n) is 15.4. The molecule has 2 aromatic heterocycles. The second kappa shape index (κ2) is 8.64. The zero-order valence-corrected chi connectivity index (χ0v) is 16.2. The lowest BCUT2D eigenvalue weighted by atomic mass is 10.2. The number of carbonyl (C=O) groups is 1. The first-order valence-corrected chi connectivity index (χ1v) is 9.39. The Bertz CT molecular complexity index is 939. The number of benzene rings is 1. The number of thiazole rings is 1. The van der Waals surface area contributed by atoms with Gasteiger partial charge in [-0.2, -0.15) is 0 Å². The van der Waals surface area contributed by atoms with Crippen molar-refractivity contribution in [3.05, 3.63) is 48.3 Å². The van der Waals surface area contributed by atoms with Gasteiger partial charge in [-0.1, -0.05) is 6.07 Å². The van der Waals surface area contributed by atoms with Crippen molar-refractivity contribution in [1.29, 1.82) is 0 Å². The average molecular weight is 384 g/mol. The molecule has 27 heavy (non-hydrogen) atoms. The Labute approximate surface area is 161 Å². The summed E-state index contributed by atoms with van der Waals surface area (Å²) >= 11 is 1.49. The van der Waals surface area contributed by atoms with Crippen LogP contribution in [0.1, 0.15) is 24.3 Å². The van der Waals surface area contributed by atoms with Crippen LogP contribution in [0.2, 0.25) is 0 Å². The molecule has 0 aliphatic rings. The summed E-state index contributed by atoms with van der Waals surface area (Å²) in [4.78, 5) is 21.4. The highest BCUT2D eigenvalue weighted by Gasteiger charge is 2.13. The number of esters is 1. The van der Waals surface area contributed by atoms with Gasteiger partial charge in [-0.3, -0.25) is 0 Å². The average Bonchev–Trinajstić information content (AvgIpc) is 3.19. The molecule has 7 heteroatoms. The van der Waals surface area contributed by atoms with Gasteiger partial charge in [-0.25, -0.2) is 14.8 Å². The highest BCUT2D eigenvalue weighted by atomic mass is 32.1. The highest BCUT2D eigenvalue weighted by molar-refractivity contribution is 7.18. The molecule has 6 nitrogen and oxygen atoms in total. The fourth-order valence-electron chi connectivity index (χ4n) is 2.50. The zero-order chi connectivity index (χ0) is 19.2. The van der Waals surface area contributed by atoms with Crippen molar-refractivity contribution in [3.8, 4) is 32.6 Å². The Hall–Kier alpha value is -2.93. The SMILES string of the molecule is CCOc1ccc(-c2ncc(-c3cccc(C(=O)OC)n3)s2)cc1OCC. The van der Waals surface area contributed by atoms with Gasteiger partial charge in [0, 0.05) is 11.8 Å². The number of hydrogen-bond acceptors (Lipinski definition) is 7. The fraction of sp³-hybridized carbons (Fsp3) is 0.250. The van der Waals surface area contributed by atoms with Gasteiger partial charge in [0.15, 0.2) is 11.5 Å². The molecular formula is C20H20N2O4S. The van der Waals surface area contributed by atoms with E-state index < -0.39 is 5.97 Å². The molecule has 0 N–H and O–H groups in total. The minimum Gasteiger partial charge on any atom is -0.490 e. The number of ether oxygens (including phenoxy) is 3. The maximum atomic E-state index is 11.7. The maximum Gasteiger partial charge on any atom is 0.356 e. The number of methoxy groups -OCH3 is 1. The molecule has 0 aliphatic carbocycles. The standard InChI is InChI=1S/C20H20N2O4S/c1-4-25-16-10-9-13(11-17(16)26-5-2)19-21-12-18(27-19)14-7-6-8-15(22-14)20(23)24-3/h6-12H,4-5H2,1-3H3. The first-order valence-electron chi connectivity index (χ1n) is 8.57. The lowest BCUT2D eigenvalue weighted by molar-refractivity contribution is 0.0594. The second-order valence-corrected chi connectivity index (χ2v) is 6.49. The van der Waals surface area contributed by atoms with Crippen LogP contribution in [-0.2, 0) is 4.74 Å². The summed E-state index contributed by atoms with van der Waals surface area (Å²) in [5, 5.41) is 0.833. The number of rotatable bonds is 7. The van der Waals surface area contributed by atoms with Crippen LogP contribution in [0, 0.1) is 0 Å². The third-order valence-corrected chi connectivity index (χ3v) is 4.76. The van der Waals surface area contributed by atoms with Gasteiger partial charge in [0.2, 0.25) is 0 Å². The highest BCUT2D eigenvalue weighted by Crippen LogP contribution is 2.36. The van der Waals surface area contributed by atoms with Crippen LogP contribution < -0.4 is 9.47 Å². The van der Waals surface area contributed by atoms with Gasteiger partial charge in [-0.05, 0) is 44.2 Å². The molecule has 2 heterocycles. The minimum atomic E-state index is -0.463. The number of pyridine rings is 1. The molecule has 0 aliphatic heterocycles. The summed E-state index contributed by atoms with van der Waals surface area (Å²) in [6.07, 6.45) is 1.75. The van der Waals surface area contributed by atoms with Gasteiger partial charge in [0.1, 0.15) is 10.7 Å². The van der Waals surface area contributed by atoms with E-state index in [2.05, 4.69) is 9.97 Å². The molecule has 0 saturated heterocycles. The molecule has 3 aromatic rings. The Morgan fingerprint density at radius 3 is 2.59 bits per heavy atom.